The molecule has 150 valence electrons. The third kappa shape index (κ3) is 3.98. The summed E-state index contributed by atoms with van der Waals surface area (Å²) in [6.07, 6.45) is 4.29. The first-order chi connectivity index (χ1) is 13.5. The van der Waals surface area contributed by atoms with E-state index in [1.54, 1.807) is 6.07 Å². The molecule has 8 heteroatoms. The standard InChI is InChI=1S/C20H23Cl2N3O2S/c1-13-19(28-16-5-2-4-14(21)17(16)22)24-15(12-26)18(23-13)25-9-7-20(8-10-25)6-3-11-27-20/h2,4-5,26H,3,6-12H2,1H3. The second-order valence-electron chi connectivity index (χ2n) is 7.32. The molecule has 0 amide bonds. The Morgan fingerprint density at radius 1 is 1.21 bits per heavy atom. The van der Waals surface area contributed by atoms with E-state index in [0.29, 0.717) is 15.7 Å². The highest BCUT2D eigenvalue weighted by Crippen LogP contribution is 2.40. The third-order valence-corrected chi connectivity index (χ3v) is 7.58. The molecule has 3 heterocycles. The van der Waals surface area contributed by atoms with E-state index in [0.717, 1.165) is 66.8 Å². The van der Waals surface area contributed by atoms with Crippen LogP contribution in [0.25, 0.3) is 0 Å². The van der Waals surface area contributed by atoms with Crippen molar-refractivity contribution < 1.29 is 9.84 Å². The maximum absolute atomic E-state index is 9.92. The van der Waals surface area contributed by atoms with E-state index in [1.165, 1.54) is 11.8 Å². The molecule has 4 rings (SSSR count). The van der Waals surface area contributed by atoms with Gasteiger partial charge in [-0.15, -0.1) is 0 Å². The molecule has 0 unspecified atom stereocenters. The van der Waals surface area contributed by atoms with Crippen molar-refractivity contribution in [1.82, 2.24) is 9.97 Å². The van der Waals surface area contributed by atoms with Crippen LogP contribution < -0.4 is 4.90 Å². The molecule has 5 nitrogen and oxygen atoms in total. The highest BCUT2D eigenvalue weighted by Gasteiger charge is 2.39. The van der Waals surface area contributed by atoms with Gasteiger partial charge in [-0.1, -0.05) is 41.0 Å². The lowest BCUT2D eigenvalue weighted by Crippen LogP contribution is -2.44. The molecule has 1 aromatic carbocycles. The van der Waals surface area contributed by atoms with E-state index in [9.17, 15) is 5.11 Å². The number of aromatic nitrogens is 2. The van der Waals surface area contributed by atoms with Crippen molar-refractivity contribution in [1.29, 1.82) is 0 Å². The first-order valence-corrected chi connectivity index (χ1v) is 11.1. The number of hydrogen-bond donors (Lipinski definition) is 1. The van der Waals surface area contributed by atoms with Gasteiger partial charge in [0.25, 0.3) is 0 Å². The van der Waals surface area contributed by atoms with Gasteiger partial charge in [0.15, 0.2) is 5.82 Å². The zero-order valence-electron chi connectivity index (χ0n) is 15.8. The lowest BCUT2D eigenvalue weighted by atomic mass is 9.88. The molecule has 2 aliphatic rings. The van der Waals surface area contributed by atoms with E-state index >= 15 is 0 Å². The molecule has 2 aromatic rings. The van der Waals surface area contributed by atoms with Crippen molar-refractivity contribution in [2.45, 2.75) is 54.7 Å². The minimum absolute atomic E-state index is 0.0530. The summed E-state index contributed by atoms with van der Waals surface area (Å²) in [5, 5.41) is 11.7. The van der Waals surface area contributed by atoms with Crippen LogP contribution in [0.5, 0.6) is 0 Å². The van der Waals surface area contributed by atoms with Gasteiger partial charge in [-0.2, -0.15) is 0 Å². The molecule has 0 saturated carbocycles. The van der Waals surface area contributed by atoms with Crippen molar-refractivity contribution in [3.8, 4) is 0 Å². The topological polar surface area (TPSA) is 58.5 Å². The van der Waals surface area contributed by atoms with Crippen LogP contribution >= 0.6 is 35.0 Å². The second-order valence-corrected chi connectivity index (χ2v) is 9.13. The van der Waals surface area contributed by atoms with Gasteiger partial charge < -0.3 is 14.7 Å². The fourth-order valence-corrected chi connectivity index (χ4v) is 5.30. The molecular weight excluding hydrogens is 417 g/mol. The molecule has 0 radical (unpaired) electrons. The Bertz CT molecular complexity index is 865. The van der Waals surface area contributed by atoms with Gasteiger partial charge in [0.1, 0.15) is 10.7 Å². The monoisotopic (exact) mass is 439 g/mol. The van der Waals surface area contributed by atoms with E-state index in [2.05, 4.69) is 4.90 Å². The van der Waals surface area contributed by atoms with Gasteiger partial charge in [0, 0.05) is 24.6 Å². The van der Waals surface area contributed by atoms with Crippen LogP contribution in [0.4, 0.5) is 5.82 Å². The van der Waals surface area contributed by atoms with Crippen LogP contribution in [-0.2, 0) is 11.3 Å². The lowest BCUT2D eigenvalue weighted by Gasteiger charge is -2.39. The van der Waals surface area contributed by atoms with Crippen molar-refractivity contribution in [3.63, 3.8) is 0 Å². The van der Waals surface area contributed by atoms with Gasteiger partial charge in [-0.3, -0.25) is 0 Å². The maximum Gasteiger partial charge on any atom is 0.153 e. The van der Waals surface area contributed by atoms with Crippen LogP contribution in [-0.4, -0.2) is 40.4 Å². The number of ether oxygens (including phenoxy) is 1. The number of aliphatic hydroxyl groups excluding tert-OH is 1. The third-order valence-electron chi connectivity index (χ3n) is 5.51. The summed E-state index contributed by atoms with van der Waals surface area (Å²) in [6, 6.07) is 5.51. The Hall–Kier alpha value is -1.05. The van der Waals surface area contributed by atoms with Crippen LogP contribution in [0.2, 0.25) is 10.0 Å². The maximum atomic E-state index is 9.92. The fraction of sp³-hybridized carbons (Fsp3) is 0.500. The first kappa shape index (κ1) is 20.2. The molecule has 0 aliphatic carbocycles. The predicted octanol–water partition coefficient (Wildman–Crippen LogP) is 4.88. The number of aliphatic hydroxyl groups is 1. The number of nitrogens with zero attached hydrogens (tertiary/aromatic N) is 3. The Morgan fingerprint density at radius 3 is 2.68 bits per heavy atom. The number of aryl methyl sites for hydroxylation is 1. The molecule has 1 spiro atoms. The number of halogens is 2. The molecular formula is C20H23Cl2N3O2S. The van der Waals surface area contributed by atoms with Crippen molar-refractivity contribution in [2.24, 2.45) is 0 Å². The smallest absolute Gasteiger partial charge is 0.153 e. The van der Waals surface area contributed by atoms with E-state index in [-0.39, 0.29) is 12.2 Å². The summed E-state index contributed by atoms with van der Waals surface area (Å²) >= 11 is 13.8. The quantitative estimate of drug-likeness (QED) is 0.731. The van der Waals surface area contributed by atoms with Gasteiger partial charge in [0.05, 0.1) is 27.9 Å². The lowest BCUT2D eigenvalue weighted by molar-refractivity contribution is -0.0147. The predicted molar refractivity (Wildman–Crippen MR) is 113 cm³/mol. The molecule has 2 saturated heterocycles. The summed E-state index contributed by atoms with van der Waals surface area (Å²) in [5.74, 6) is 0.773. The van der Waals surface area contributed by atoms with Crippen molar-refractivity contribution in [2.75, 3.05) is 24.6 Å². The minimum Gasteiger partial charge on any atom is -0.390 e. The Morgan fingerprint density at radius 2 is 2.00 bits per heavy atom. The Labute approximate surface area is 179 Å². The number of rotatable bonds is 4. The molecule has 2 fully saturated rings. The van der Waals surface area contributed by atoms with E-state index < -0.39 is 0 Å². The van der Waals surface area contributed by atoms with Crippen LogP contribution in [0.15, 0.2) is 28.1 Å². The molecule has 1 N–H and O–H groups in total. The van der Waals surface area contributed by atoms with Gasteiger partial charge >= 0.3 is 0 Å². The average molecular weight is 440 g/mol. The van der Waals surface area contributed by atoms with Crippen LogP contribution in [0, 0.1) is 6.92 Å². The summed E-state index contributed by atoms with van der Waals surface area (Å²) in [7, 11) is 0. The fourth-order valence-electron chi connectivity index (χ4n) is 3.92. The minimum atomic E-state index is -0.155. The van der Waals surface area contributed by atoms with E-state index in [4.69, 9.17) is 37.9 Å². The summed E-state index contributed by atoms with van der Waals surface area (Å²) in [6.45, 7) is 4.39. The van der Waals surface area contributed by atoms with Gasteiger partial charge in [-0.25, -0.2) is 9.97 Å². The highest BCUT2D eigenvalue weighted by atomic mass is 35.5. The second kappa shape index (κ2) is 8.36. The number of anilines is 1. The Kier molecular flexibility index (Phi) is 6.04. The van der Waals surface area contributed by atoms with Gasteiger partial charge in [-0.05, 0) is 44.7 Å². The molecule has 28 heavy (non-hydrogen) atoms. The number of hydrogen-bond acceptors (Lipinski definition) is 6. The summed E-state index contributed by atoms with van der Waals surface area (Å²) in [5.41, 5.74) is 1.46. The summed E-state index contributed by atoms with van der Waals surface area (Å²) in [4.78, 5) is 12.5. The largest absolute Gasteiger partial charge is 0.390 e. The van der Waals surface area contributed by atoms with Crippen molar-refractivity contribution >= 4 is 40.8 Å². The first-order valence-electron chi connectivity index (χ1n) is 9.50. The van der Waals surface area contributed by atoms with Gasteiger partial charge in [0.2, 0.25) is 0 Å². The summed E-state index contributed by atoms with van der Waals surface area (Å²) < 4.78 is 6.01. The number of piperidine rings is 1. The average Bonchev–Trinajstić information content (AvgIpc) is 3.15. The Balaban J connectivity index is 1.57. The SMILES string of the molecule is Cc1nc(N2CCC3(CCCO3)CC2)c(CO)nc1Sc1cccc(Cl)c1Cl. The normalized spacial score (nSPS) is 18.8. The molecule has 2 aliphatic heterocycles. The molecule has 0 bridgehead atoms. The zero-order valence-corrected chi connectivity index (χ0v) is 18.1. The van der Waals surface area contributed by atoms with Crippen LogP contribution in [0.1, 0.15) is 37.1 Å². The number of benzene rings is 1. The van der Waals surface area contributed by atoms with Crippen molar-refractivity contribution in [3.05, 3.63) is 39.6 Å². The molecule has 0 atom stereocenters. The zero-order chi connectivity index (χ0) is 19.7. The highest BCUT2D eigenvalue weighted by molar-refractivity contribution is 7.99. The molecule has 1 aromatic heterocycles. The van der Waals surface area contributed by atoms with E-state index in [1.807, 2.05) is 19.1 Å². The van der Waals surface area contributed by atoms with Crippen LogP contribution in [0.3, 0.4) is 0 Å².